The van der Waals surface area contributed by atoms with Crippen LogP contribution in [0.4, 0.5) is 0 Å². The predicted molar refractivity (Wildman–Crippen MR) is 716 cm³/mol. The molecule has 0 aromatic carbocycles. The van der Waals surface area contributed by atoms with E-state index in [0.29, 0.717) is 0 Å². The van der Waals surface area contributed by atoms with Crippen molar-refractivity contribution in [2.75, 3.05) is 0 Å². The average molecular weight is 2450 g/mol. The van der Waals surface area contributed by atoms with Crippen LogP contribution >= 0.6 is 238 Å². The van der Waals surface area contributed by atoms with Gasteiger partial charge in [-0.1, -0.05) is 206 Å². The van der Waals surface area contributed by atoms with E-state index in [2.05, 4.69) is 446 Å². The summed E-state index contributed by atoms with van der Waals surface area (Å²) in [6.45, 7) is 58.8. The predicted octanol–water partition coefficient (Wildman–Crippen LogP) is 39.1. The molecule has 0 amide bonds. The zero-order chi connectivity index (χ0) is 105. The van der Waals surface area contributed by atoms with Gasteiger partial charge in [0.15, 0.2) is 0 Å². The summed E-state index contributed by atoms with van der Waals surface area (Å²) in [6.07, 6.45) is 0. The Morgan fingerprint density at radius 2 is 0.268 bits per heavy atom. The molecule has 0 bridgehead atoms. The summed E-state index contributed by atoms with van der Waals surface area (Å²) >= 11 is 39.1. The molecular formula is C120H108S21Si8. The highest BCUT2D eigenvalue weighted by Gasteiger charge is 2.33. The van der Waals surface area contributed by atoms with Crippen molar-refractivity contribution < 1.29 is 0 Å². The Bertz CT molecular complexity index is 7840. The Morgan fingerprint density at radius 1 is 0.128 bits per heavy atom. The highest BCUT2D eigenvalue weighted by Crippen LogP contribution is 2.53. The van der Waals surface area contributed by atoms with Gasteiger partial charge >= 0.3 is 0 Å². The molecule has 149 heavy (non-hydrogen) atoms. The second-order valence-corrected chi connectivity index (χ2v) is 111. The monoisotopic (exact) mass is 2440 g/mol. The molecule has 0 N–H and O–H groups in total. The molecule has 746 valence electrons. The summed E-state index contributed by atoms with van der Waals surface area (Å²) in [5.74, 6) is 44.5. The molecule has 0 unspecified atom stereocenters. The minimum Gasteiger partial charge on any atom is -0.145 e. The molecule has 21 heterocycles. The first-order chi connectivity index (χ1) is 70.7. The second-order valence-electron chi connectivity index (χ2n) is 45.1. The molecule has 21 aromatic rings. The van der Waals surface area contributed by atoms with E-state index in [0.717, 1.165) is 58.5 Å². The summed E-state index contributed by atoms with van der Waals surface area (Å²) in [4.78, 5) is 39.3. The van der Waals surface area contributed by atoms with E-state index in [1.54, 1.807) is 102 Å². The van der Waals surface area contributed by atoms with Crippen molar-refractivity contribution >= 4 is 339 Å². The van der Waals surface area contributed by atoms with Crippen molar-refractivity contribution in [3.05, 3.63) is 276 Å². The third kappa shape index (κ3) is 24.2. The van der Waals surface area contributed by atoms with Gasteiger partial charge in [-0.25, -0.2) is 0 Å². The Morgan fingerprint density at radius 3 is 0.463 bits per heavy atom. The van der Waals surface area contributed by atoms with Crippen molar-refractivity contribution in [2.24, 2.45) is 0 Å². The van der Waals surface area contributed by atoms with Gasteiger partial charge in [0.2, 0.25) is 0 Å². The lowest BCUT2D eigenvalue weighted by Crippen LogP contribution is -2.34. The lowest BCUT2D eigenvalue weighted by atomic mass is 10.2. The number of hydrogen-bond donors (Lipinski definition) is 0. The first-order valence-corrected chi connectivity index (χ1v) is 94.4. The summed E-state index contributed by atoms with van der Waals surface area (Å²) in [5.41, 5.74) is 8.78. The number of hydrogen-bond acceptors (Lipinski definition) is 21. The van der Waals surface area contributed by atoms with Crippen LogP contribution in [0.1, 0.15) is 58.5 Å². The Kier molecular flexibility index (Phi) is 30.8. The smallest absolute Gasteiger partial charge is 0.0904 e. The SMILES string of the molecule is C[Si](C)(C)c1ccc(-c2cc(C#Cc3ccc(-c4cc(C#Cc5ccc(-c6ccsc6-c6ccc(C#Cc7cc(-c8ccc(C#Cc9cc(-c%10ccc([Si](C)(C)C)s%10)c(-c%10ccc([Si](C)(C)C)s%10)s9)s8)c(-c8ccc(C#Cc9cc(-c%10ccc([Si](C)(C)C)s%10)c(-c%10ccc([Si](C)(C)C)s%10)s9)s8)s7)s6)s5)sc4-c4ccc(C#Cc5cc(-c6ccc([Si](C)(C)C)s6)c(-c6ccc([Si](C)(C)C)s6)s5)s4)s3)sc2-c2ccc([Si](C)(C)C)s2)s1. The molecule has 29 heteroatoms. The zero-order valence-corrected chi connectivity index (χ0v) is 113. The Balaban J connectivity index is 0.582. The van der Waals surface area contributed by atoms with Crippen LogP contribution < -0.4 is 36.0 Å². The highest BCUT2D eigenvalue weighted by atomic mass is 32.2. The minimum atomic E-state index is -1.51. The summed E-state index contributed by atoms with van der Waals surface area (Å²) in [6, 6.07) is 81.2. The third-order valence-corrected chi connectivity index (χ3v) is 76.9. The van der Waals surface area contributed by atoms with Crippen LogP contribution in [0.5, 0.6) is 0 Å². The van der Waals surface area contributed by atoms with Crippen LogP contribution in [0.15, 0.2) is 218 Å². The first-order valence-electron chi connectivity index (χ1n) is 49.2. The molecule has 0 aliphatic rings. The van der Waals surface area contributed by atoms with Gasteiger partial charge in [-0.3, -0.25) is 0 Å². The van der Waals surface area contributed by atoms with Crippen molar-refractivity contribution in [1.29, 1.82) is 0 Å². The molecule has 0 radical (unpaired) electrons. The lowest BCUT2D eigenvalue weighted by molar-refractivity contribution is 1.78. The molecule has 0 aliphatic heterocycles. The van der Waals surface area contributed by atoms with E-state index >= 15 is 0 Å². The standard InChI is InChI=1S/C120H108S21Si8/c1-142(2,3)106-57-49-95(134-106)88-69-81(130-117(88)102-53-61-110(138-102)146(13,14)15)32-26-74-38-44-93(123-74)86-67-79(128-115(86)100-47-41-77(126-100)29-35-83-71-90(97-51-59-108(136-97)144(7,8)9)119(132-83)104-55-63-112(140-104)148(19,20)21)31-25-73-37-43-92(122-73)85-65-66-121-114(85)99-46-40-76(125-99)28-34-80-68-87(94-45-39-75(124-94)27-33-82-70-89(96-50-58-107(135-96)143(4,5)6)118(131-82)103-54-62-111(139-103)147(16,17)18)116(129-80)101-48-42-78(127-101)30-36-84-72-91(98-52-60-109(137-98)145(10,11)12)120(133-84)105-56-64-113(141-105)149(22,23)24/h37-72H,1-24H3. The summed E-state index contributed by atoms with van der Waals surface area (Å²) < 4.78 is 12.2. The average Bonchev–Trinajstić information content (AvgIpc) is 1.64. The van der Waals surface area contributed by atoms with E-state index in [9.17, 15) is 0 Å². The maximum absolute atomic E-state index is 3.73. The molecule has 0 aliphatic carbocycles. The Hall–Kier alpha value is -7.20. The van der Waals surface area contributed by atoms with Crippen LogP contribution in [0, 0.1) is 71.0 Å². The van der Waals surface area contributed by atoms with E-state index in [-0.39, 0.29) is 0 Å². The third-order valence-electron chi connectivity index (χ3n) is 24.7. The van der Waals surface area contributed by atoms with Gasteiger partial charge in [0.05, 0.1) is 157 Å². The first kappa shape index (κ1) is 107. The van der Waals surface area contributed by atoms with Crippen LogP contribution in [0.3, 0.4) is 0 Å². The van der Waals surface area contributed by atoms with Crippen molar-refractivity contribution in [3.8, 4) is 212 Å². The van der Waals surface area contributed by atoms with Crippen LogP contribution in [0.25, 0.3) is 141 Å². The lowest BCUT2D eigenvalue weighted by Gasteiger charge is -2.12. The molecule has 0 atom stereocenters. The molecule has 21 rings (SSSR count). The summed E-state index contributed by atoms with van der Waals surface area (Å²) in [7, 11) is -12.1. The van der Waals surface area contributed by atoms with Crippen LogP contribution in [-0.4, -0.2) is 64.6 Å². The van der Waals surface area contributed by atoms with Gasteiger partial charge in [-0.05, 0) is 276 Å². The fraction of sp³-hybridized carbons (Fsp3) is 0.200. The molecule has 21 aromatic heterocycles. The van der Waals surface area contributed by atoms with Gasteiger partial charge in [0.1, 0.15) is 0 Å². The van der Waals surface area contributed by atoms with Crippen molar-refractivity contribution in [1.82, 2.24) is 0 Å². The highest BCUT2D eigenvalue weighted by molar-refractivity contribution is 7.37. The van der Waals surface area contributed by atoms with Gasteiger partial charge in [-0.2, -0.15) is 0 Å². The molecule has 0 saturated heterocycles. The quantitative estimate of drug-likeness (QED) is 0.0469. The maximum atomic E-state index is 3.73. The topological polar surface area (TPSA) is 0 Å². The maximum Gasteiger partial charge on any atom is 0.0904 e. The van der Waals surface area contributed by atoms with Crippen molar-refractivity contribution in [2.45, 2.75) is 157 Å². The molecule has 0 spiro atoms. The molecule has 0 fully saturated rings. The van der Waals surface area contributed by atoms with E-state index in [1.165, 1.54) is 177 Å². The largest absolute Gasteiger partial charge is 0.145 e. The van der Waals surface area contributed by atoms with Gasteiger partial charge in [0, 0.05) is 107 Å². The fourth-order valence-electron chi connectivity index (χ4n) is 16.6. The number of rotatable bonds is 22. The molecular weight excluding hydrogens is 2340 g/mol. The zero-order valence-electron chi connectivity index (χ0n) is 87.4. The molecule has 0 saturated carbocycles. The second kappa shape index (κ2) is 42.7. The van der Waals surface area contributed by atoms with Gasteiger partial charge < -0.3 is 0 Å². The van der Waals surface area contributed by atoms with Gasteiger partial charge in [-0.15, -0.1) is 238 Å². The minimum absolute atomic E-state index is 1.01. The number of thiophene rings is 21. The fourth-order valence-corrected chi connectivity index (χ4v) is 53.5. The van der Waals surface area contributed by atoms with Crippen LogP contribution in [-0.2, 0) is 0 Å². The van der Waals surface area contributed by atoms with E-state index in [4.69, 9.17) is 0 Å². The van der Waals surface area contributed by atoms with E-state index < -0.39 is 64.6 Å². The van der Waals surface area contributed by atoms with Gasteiger partial charge in [0.25, 0.3) is 0 Å². The summed E-state index contributed by atoms with van der Waals surface area (Å²) in [5, 5.41) is 2.23. The van der Waals surface area contributed by atoms with E-state index in [1.807, 2.05) is 136 Å². The van der Waals surface area contributed by atoms with Crippen molar-refractivity contribution in [3.63, 3.8) is 0 Å². The normalized spacial score (nSPS) is 12.2. The molecule has 0 nitrogen and oxygen atoms in total. The van der Waals surface area contributed by atoms with Crippen LogP contribution in [0.2, 0.25) is 157 Å². The Labute approximate surface area is 971 Å².